The smallest absolute Gasteiger partial charge is 0.0475 e. The summed E-state index contributed by atoms with van der Waals surface area (Å²) in [6.45, 7) is 4.68. The van der Waals surface area contributed by atoms with Gasteiger partial charge in [0.25, 0.3) is 0 Å². The summed E-state index contributed by atoms with van der Waals surface area (Å²) in [4.78, 5) is 7.13. The first kappa shape index (κ1) is 74.5. The lowest BCUT2D eigenvalue weighted by molar-refractivity contribution is 0.660. The molecule has 3 heterocycles. The van der Waals surface area contributed by atoms with Crippen molar-refractivity contribution in [2.75, 3.05) is 14.7 Å². The third-order valence-corrected chi connectivity index (χ3v) is 27.7. The highest BCUT2D eigenvalue weighted by atomic mass is 79.9. The highest BCUT2D eigenvalue weighted by Crippen LogP contribution is 2.53. The number of thiophene rings is 3. The molecule has 3 aromatic heterocycles. The van der Waals surface area contributed by atoms with Crippen LogP contribution in [-0.4, -0.2) is 0 Å². The van der Waals surface area contributed by atoms with Crippen LogP contribution < -0.4 is 14.7 Å². The molecule has 0 fully saturated rings. The molecule has 0 unspecified atom stereocenters. The van der Waals surface area contributed by atoms with Gasteiger partial charge in [0, 0.05) is 136 Å². The predicted molar refractivity (Wildman–Crippen MR) is 522 cm³/mol. The Labute approximate surface area is 724 Å². The Morgan fingerprint density at radius 1 is 0.203 bits per heavy atom. The number of rotatable bonds is 13. The molecular formula is C109H74Br3N3S3. The standard InChI is InChI=1S/C39H28BrNS.C36H24BrNS.C34H22BrNS/c1-39(2)35-11-7-6-10-31(35)33-23-29(17-20-36(33)39)41(28-15-12-26(13-16-28)25-8-4-3-5-9-25)30-18-21-37-34(24-30)32-19-14-27(40)22-38(32)42-37;37-29-16-20-33-34-24-32(19-21-35(34)39-36(33)23-29)38(30-17-14-27(15-18-30)25-8-3-1-4-9-25)31-13-7-12-28(22-31)26-10-5-2-6-11-26;35-24-18-19-30-32-22-27(36(25-12-3-1-4-13-25)26-14-5-2-6-15-26)21-31(34(32)37-33(30)20-24)29-17-9-11-23-10-7-8-16-28(23)29/h3-24H,1-2H3;1-24H;1-22H. The van der Waals surface area contributed by atoms with Crippen LogP contribution in [-0.2, 0) is 5.41 Å². The van der Waals surface area contributed by atoms with Crippen LogP contribution in [0.25, 0.3) is 127 Å². The Bertz CT molecular complexity index is 7270. The van der Waals surface area contributed by atoms with Gasteiger partial charge in [0.1, 0.15) is 0 Å². The number of halogens is 3. The van der Waals surface area contributed by atoms with Crippen LogP contribution in [0.2, 0.25) is 0 Å². The molecule has 0 radical (unpaired) electrons. The Morgan fingerprint density at radius 2 is 0.559 bits per heavy atom. The summed E-state index contributed by atoms with van der Waals surface area (Å²) in [6.07, 6.45) is 0. The van der Waals surface area contributed by atoms with E-state index in [2.05, 4.69) is 489 Å². The van der Waals surface area contributed by atoms with Gasteiger partial charge in [0.2, 0.25) is 0 Å². The second-order valence-electron chi connectivity index (χ2n) is 30.3. The summed E-state index contributed by atoms with van der Waals surface area (Å²) in [5, 5.41) is 10.3. The van der Waals surface area contributed by atoms with Gasteiger partial charge in [-0.1, -0.05) is 316 Å². The molecule has 0 spiro atoms. The molecule has 0 saturated carbocycles. The van der Waals surface area contributed by atoms with E-state index >= 15 is 0 Å². The second kappa shape index (κ2) is 32.0. The van der Waals surface area contributed by atoms with E-state index in [4.69, 9.17) is 0 Å². The van der Waals surface area contributed by atoms with Crippen LogP contribution in [0, 0.1) is 0 Å². The van der Waals surface area contributed by atoms with Crippen molar-refractivity contribution in [1.29, 1.82) is 0 Å². The highest BCUT2D eigenvalue weighted by Gasteiger charge is 2.36. The molecule has 0 N–H and O–H groups in total. The van der Waals surface area contributed by atoms with Gasteiger partial charge in [0.15, 0.2) is 0 Å². The number of para-hydroxylation sites is 2. The lowest BCUT2D eigenvalue weighted by atomic mass is 9.82. The maximum atomic E-state index is 3.68. The van der Waals surface area contributed by atoms with Gasteiger partial charge < -0.3 is 14.7 Å². The van der Waals surface area contributed by atoms with E-state index < -0.39 is 0 Å². The first-order valence-electron chi connectivity index (χ1n) is 39.6. The van der Waals surface area contributed by atoms with Gasteiger partial charge in [-0.3, -0.25) is 0 Å². The molecule has 1 aliphatic rings. The maximum Gasteiger partial charge on any atom is 0.0475 e. The van der Waals surface area contributed by atoms with Crippen molar-refractivity contribution in [3.05, 3.63) is 437 Å². The fraction of sp³-hybridized carbons (Fsp3) is 0.0275. The van der Waals surface area contributed by atoms with E-state index in [-0.39, 0.29) is 5.41 Å². The van der Waals surface area contributed by atoms with E-state index in [1.165, 1.54) is 138 Å². The molecule has 22 rings (SSSR count). The summed E-state index contributed by atoms with van der Waals surface area (Å²) < 4.78 is 11.1. The molecule has 9 heteroatoms. The molecular weight excluding hydrogens is 1690 g/mol. The minimum absolute atomic E-state index is 0.0185. The zero-order valence-corrected chi connectivity index (χ0v) is 71.7. The quantitative estimate of drug-likeness (QED) is 0.114. The molecule has 0 atom stereocenters. The zero-order valence-electron chi connectivity index (χ0n) is 64.5. The highest BCUT2D eigenvalue weighted by molar-refractivity contribution is 9.11. The van der Waals surface area contributed by atoms with E-state index in [0.29, 0.717) is 0 Å². The van der Waals surface area contributed by atoms with Gasteiger partial charge in [-0.15, -0.1) is 34.0 Å². The number of hydrogen-bond acceptors (Lipinski definition) is 6. The topological polar surface area (TPSA) is 9.72 Å². The number of anilines is 9. The average molecular weight is 1760 g/mol. The van der Waals surface area contributed by atoms with Crippen molar-refractivity contribution in [1.82, 2.24) is 0 Å². The molecule has 18 aromatic carbocycles. The fourth-order valence-corrected chi connectivity index (χ4v) is 22.1. The molecule has 1 aliphatic carbocycles. The Hall–Kier alpha value is -12.3. The van der Waals surface area contributed by atoms with E-state index in [1.807, 2.05) is 34.0 Å². The maximum absolute atomic E-state index is 3.68. The first-order valence-corrected chi connectivity index (χ1v) is 44.4. The summed E-state index contributed by atoms with van der Waals surface area (Å²) in [5.41, 5.74) is 25.5. The monoisotopic (exact) mass is 1760 g/mol. The summed E-state index contributed by atoms with van der Waals surface area (Å²) in [7, 11) is 0. The largest absolute Gasteiger partial charge is 0.310 e. The van der Waals surface area contributed by atoms with Crippen molar-refractivity contribution in [2.24, 2.45) is 0 Å². The van der Waals surface area contributed by atoms with E-state index in [9.17, 15) is 0 Å². The van der Waals surface area contributed by atoms with E-state index in [0.717, 1.165) is 64.6 Å². The van der Waals surface area contributed by atoms with Crippen molar-refractivity contribution >= 4 is 204 Å². The average Bonchev–Trinajstić information content (AvgIpc) is 1.76. The fourth-order valence-electron chi connectivity index (χ4n) is 17.0. The number of benzene rings is 18. The number of hydrogen-bond donors (Lipinski definition) is 0. The SMILES string of the molecule is Brc1ccc2c(c1)sc1c(-c3cccc4ccccc34)cc(N(c3ccccc3)c3ccccc3)cc12.Brc1ccc2c(c1)sc1ccc(N(c3ccc(-c4ccccc4)cc3)c3cccc(-c4ccccc4)c3)cc12.CC1(C)c2ccccc2-c2cc(N(c3ccc(-c4ccccc4)cc3)c3ccc4sc5cc(Br)ccc5c4c3)ccc21. The zero-order chi connectivity index (χ0) is 79.4. The van der Waals surface area contributed by atoms with Crippen LogP contribution in [0.1, 0.15) is 25.0 Å². The van der Waals surface area contributed by atoms with Crippen molar-refractivity contribution in [3.8, 4) is 55.6 Å². The molecule has 0 aliphatic heterocycles. The van der Waals surface area contributed by atoms with Crippen molar-refractivity contribution in [2.45, 2.75) is 19.3 Å². The molecule has 0 amide bonds. The van der Waals surface area contributed by atoms with E-state index in [1.54, 1.807) is 0 Å². The van der Waals surface area contributed by atoms with Gasteiger partial charge in [0.05, 0.1) is 0 Å². The summed E-state index contributed by atoms with van der Waals surface area (Å²) in [5.74, 6) is 0. The molecule has 0 bridgehead atoms. The molecule has 118 heavy (non-hydrogen) atoms. The lowest BCUT2D eigenvalue weighted by Gasteiger charge is -2.27. The predicted octanol–water partition coefficient (Wildman–Crippen LogP) is 35.0. The Balaban J connectivity index is 0.000000114. The first-order chi connectivity index (χ1) is 58.0. The third-order valence-electron chi connectivity index (χ3n) is 22.7. The summed E-state index contributed by atoms with van der Waals surface area (Å²) >= 11 is 16.5. The lowest BCUT2D eigenvalue weighted by Crippen LogP contribution is -2.15. The molecule has 21 aromatic rings. The third kappa shape index (κ3) is 14.4. The Morgan fingerprint density at radius 3 is 1.11 bits per heavy atom. The minimum atomic E-state index is -0.0185. The van der Waals surface area contributed by atoms with Crippen LogP contribution in [0.4, 0.5) is 51.2 Å². The van der Waals surface area contributed by atoms with Gasteiger partial charge in [-0.05, 0) is 230 Å². The van der Waals surface area contributed by atoms with Gasteiger partial charge >= 0.3 is 0 Å². The second-order valence-corrected chi connectivity index (χ2v) is 36.3. The summed E-state index contributed by atoms with van der Waals surface area (Å²) in [6, 6.07) is 149. The number of fused-ring (bicyclic) bond motifs is 13. The Kier molecular flexibility index (Phi) is 20.2. The molecule has 0 saturated heterocycles. The van der Waals surface area contributed by atoms with Crippen LogP contribution in [0.15, 0.2) is 426 Å². The van der Waals surface area contributed by atoms with Crippen LogP contribution >= 0.6 is 81.8 Å². The normalized spacial score (nSPS) is 12.0. The molecule has 3 nitrogen and oxygen atoms in total. The van der Waals surface area contributed by atoms with Gasteiger partial charge in [-0.2, -0.15) is 0 Å². The number of nitrogens with zero attached hydrogens (tertiary/aromatic N) is 3. The van der Waals surface area contributed by atoms with Crippen molar-refractivity contribution < 1.29 is 0 Å². The van der Waals surface area contributed by atoms with Crippen molar-refractivity contribution in [3.63, 3.8) is 0 Å². The molecule has 564 valence electrons. The van der Waals surface area contributed by atoms with Crippen LogP contribution in [0.5, 0.6) is 0 Å². The van der Waals surface area contributed by atoms with Crippen LogP contribution in [0.3, 0.4) is 0 Å². The van der Waals surface area contributed by atoms with Gasteiger partial charge in [-0.25, -0.2) is 0 Å². The minimum Gasteiger partial charge on any atom is -0.310 e.